The van der Waals surface area contributed by atoms with Crippen molar-refractivity contribution in [2.75, 3.05) is 4.90 Å². The summed E-state index contributed by atoms with van der Waals surface area (Å²) >= 11 is 1.38. The highest BCUT2D eigenvalue weighted by atomic mass is 32.1. The molecule has 1 aliphatic heterocycles. The molecule has 1 aromatic heterocycles. The van der Waals surface area contributed by atoms with Gasteiger partial charge in [0, 0.05) is 10.4 Å². The SMILES string of the molecule is Cc1ccc(CN2C(=O)[C@@](O)(CC(=O)c3ccc(C)s3)c3ccccc32)cc1. The van der Waals surface area contributed by atoms with Gasteiger partial charge in [-0.05, 0) is 37.6 Å². The normalized spacial score (nSPS) is 18.4. The van der Waals surface area contributed by atoms with Crippen LogP contribution in [-0.4, -0.2) is 16.8 Å². The van der Waals surface area contributed by atoms with Crippen molar-refractivity contribution < 1.29 is 14.7 Å². The second-order valence-corrected chi connectivity index (χ2v) is 8.55. The van der Waals surface area contributed by atoms with Crippen molar-refractivity contribution in [3.05, 3.63) is 87.1 Å². The van der Waals surface area contributed by atoms with E-state index in [9.17, 15) is 14.7 Å². The Morgan fingerprint density at radius 2 is 1.75 bits per heavy atom. The molecular formula is C23H21NO3S. The molecule has 2 aromatic carbocycles. The van der Waals surface area contributed by atoms with E-state index in [1.54, 1.807) is 23.1 Å². The van der Waals surface area contributed by atoms with Gasteiger partial charge in [0.25, 0.3) is 5.91 Å². The lowest BCUT2D eigenvalue weighted by molar-refractivity contribution is -0.136. The minimum absolute atomic E-state index is 0.221. The van der Waals surface area contributed by atoms with E-state index in [0.29, 0.717) is 22.7 Å². The Labute approximate surface area is 168 Å². The summed E-state index contributed by atoms with van der Waals surface area (Å²) in [5, 5.41) is 11.3. The lowest BCUT2D eigenvalue weighted by Crippen LogP contribution is -2.41. The van der Waals surface area contributed by atoms with E-state index in [2.05, 4.69) is 0 Å². The van der Waals surface area contributed by atoms with E-state index >= 15 is 0 Å². The Bertz CT molecular complexity index is 1050. The first kappa shape index (κ1) is 18.6. The first-order chi connectivity index (χ1) is 13.4. The second-order valence-electron chi connectivity index (χ2n) is 7.26. The number of amides is 1. The van der Waals surface area contributed by atoms with Crippen LogP contribution in [0.5, 0.6) is 0 Å². The Hall–Kier alpha value is -2.76. The lowest BCUT2D eigenvalue weighted by atomic mass is 9.89. The number of hydrogen-bond acceptors (Lipinski definition) is 4. The molecule has 2 heterocycles. The minimum atomic E-state index is -1.84. The van der Waals surface area contributed by atoms with Crippen LogP contribution in [0.2, 0.25) is 0 Å². The number of hydrogen-bond donors (Lipinski definition) is 1. The maximum absolute atomic E-state index is 13.3. The van der Waals surface area contributed by atoms with Gasteiger partial charge in [0.2, 0.25) is 0 Å². The van der Waals surface area contributed by atoms with Gasteiger partial charge in [-0.2, -0.15) is 0 Å². The number of para-hydroxylation sites is 1. The number of carbonyl (C=O) groups excluding carboxylic acids is 2. The first-order valence-electron chi connectivity index (χ1n) is 9.17. The molecule has 0 saturated carbocycles. The van der Waals surface area contributed by atoms with Crippen LogP contribution >= 0.6 is 11.3 Å². The zero-order valence-corrected chi connectivity index (χ0v) is 16.6. The highest BCUT2D eigenvalue weighted by Gasteiger charge is 2.50. The van der Waals surface area contributed by atoms with Crippen molar-refractivity contribution in [1.29, 1.82) is 0 Å². The number of aliphatic hydroxyl groups is 1. The molecule has 1 aliphatic rings. The number of fused-ring (bicyclic) bond motifs is 1. The van der Waals surface area contributed by atoms with Gasteiger partial charge in [-0.15, -0.1) is 11.3 Å². The quantitative estimate of drug-likeness (QED) is 0.657. The van der Waals surface area contributed by atoms with E-state index in [4.69, 9.17) is 0 Å². The van der Waals surface area contributed by atoms with Crippen LogP contribution in [0.15, 0.2) is 60.7 Å². The van der Waals surface area contributed by atoms with Gasteiger partial charge in [-0.1, -0.05) is 48.0 Å². The molecule has 0 aliphatic carbocycles. The van der Waals surface area contributed by atoms with Crippen LogP contribution in [0.3, 0.4) is 0 Å². The fraction of sp³-hybridized carbons (Fsp3) is 0.217. The Kier molecular flexibility index (Phi) is 4.65. The van der Waals surface area contributed by atoms with Crippen molar-refractivity contribution in [3.63, 3.8) is 0 Å². The van der Waals surface area contributed by atoms with Crippen molar-refractivity contribution in [3.8, 4) is 0 Å². The van der Waals surface area contributed by atoms with Crippen LogP contribution in [0, 0.1) is 13.8 Å². The third-order valence-corrected chi connectivity index (χ3v) is 6.17. The predicted octanol–water partition coefficient (Wildman–Crippen LogP) is 4.37. The van der Waals surface area contributed by atoms with Crippen LogP contribution in [-0.2, 0) is 16.9 Å². The van der Waals surface area contributed by atoms with Crippen LogP contribution in [0.4, 0.5) is 5.69 Å². The molecule has 5 heteroatoms. The third-order valence-electron chi connectivity index (χ3n) is 5.13. The molecular weight excluding hydrogens is 370 g/mol. The predicted molar refractivity (Wildman–Crippen MR) is 111 cm³/mol. The Balaban J connectivity index is 1.67. The monoisotopic (exact) mass is 391 g/mol. The van der Waals surface area contributed by atoms with Crippen LogP contribution in [0.25, 0.3) is 0 Å². The maximum atomic E-state index is 13.3. The van der Waals surface area contributed by atoms with Crippen molar-refractivity contribution in [1.82, 2.24) is 0 Å². The number of benzene rings is 2. The average Bonchev–Trinajstić information content (AvgIpc) is 3.20. The minimum Gasteiger partial charge on any atom is -0.375 e. The number of carbonyl (C=O) groups is 2. The highest BCUT2D eigenvalue weighted by Crippen LogP contribution is 2.43. The van der Waals surface area contributed by atoms with Gasteiger partial charge >= 0.3 is 0 Å². The summed E-state index contributed by atoms with van der Waals surface area (Å²) in [6.07, 6.45) is -0.257. The number of nitrogens with zero attached hydrogens (tertiary/aromatic N) is 1. The smallest absolute Gasteiger partial charge is 0.264 e. The molecule has 0 saturated heterocycles. The fourth-order valence-corrected chi connectivity index (χ4v) is 4.42. The average molecular weight is 391 g/mol. The summed E-state index contributed by atoms with van der Waals surface area (Å²) in [7, 11) is 0. The van der Waals surface area contributed by atoms with Gasteiger partial charge in [0.05, 0.1) is 23.5 Å². The van der Waals surface area contributed by atoms with E-state index in [1.807, 2.05) is 56.3 Å². The Morgan fingerprint density at radius 1 is 1.04 bits per heavy atom. The molecule has 3 aromatic rings. The zero-order chi connectivity index (χ0) is 19.9. The molecule has 28 heavy (non-hydrogen) atoms. The number of aryl methyl sites for hydroxylation is 2. The van der Waals surface area contributed by atoms with Gasteiger partial charge in [0.15, 0.2) is 11.4 Å². The largest absolute Gasteiger partial charge is 0.375 e. The number of Topliss-reactive ketones (excluding diaryl/α,β-unsaturated/α-hetero) is 1. The molecule has 0 unspecified atom stereocenters. The Morgan fingerprint density at radius 3 is 2.43 bits per heavy atom. The second kappa shape index (κ2) is 7.00. The number of rotatable bonds is 5. The molecule has 0 radical (unpaired) electrons. The maximum Gasteiger partial charge on any atom is 0.264 e. The standard InChI is InChI=1S/C23H21NO3S/c1-15-7-10-17(11-8-15)14-24-19-6-4-3-5-18(19)23(27,22(24)26)13-20(25)21-12-9-16(2)28-21/h3-12,27H,13-14H2,1-2H3/t23-/m1/s1. The number of thiophene rings is 1. The highest BCUT2D eigenvalue weighted by molar-refractivity contribution is 7.14. The molecule has 0 bridgehead atoms. The van der Waals surface area contributed by atoms with Crippen molar-refractivity contribution in [2.45, 2.75) is 32.4 Å². The first-order valence-corrected chi connectivity index (χ1v) is 9.99. The van der Waals surface area contributed by atoms with E-state index in [0.717, 1.165) is 16.0 Å². The number of anilines is 1. The van der Waals surface area contributed by atoms with Gasteiger partial charge in [0.1, 0.15) is 0 Å². The summed E-state index contributed by atoms with van der Waals surface area (Å²) in [6, 6.07) is 18.7. The molecule has 0 fully saturated rings. The molecule has 142 valence electrons. The molecule has 1 atom stereocenters. The zero-order valence-electron chi connectivity index (χ0n) is 15.8. The van der Waals surface area contributed by atoms with Crippen molar-refractivity contribution >= 4 is 28.7 Å². The van der Waals surface area contributed by atoms with Gasteiger partial charge in [-0.25, -0.2) is 0 Å². The van der Waals surface area contributed by atoms with Crippen LogP contribution in [0.1, 0.15) is 37.7 Å². The molecule has 1 amide bonds. The summed E-state index contributed by atoms with van der Waals surface area (Å²) < 4.78 is 0. The third kappa shape index (κ3) is 3.17. The number of ketones is 1. The molecule has 4 rings (SSSR count). The molecule has 4 nitrogen and oxygen atoms in total. The summed E-state index contributed by atoms with van der Waals surface area (Å²) in [5.74, 6) is -0.670. The lowest BCUT2D eigenvalue weighted by Gasteiger charge is -2.22. The summed E-state index contributed by atoms with van der Waals surface area (Å²) in [4.78, 5) is 29.2. The summed E-state index contributed by atoms with van der Waals surface area (Å²) in [6.45, 7) is 4.29. The van der Waals surface area contributed by atoms with Crippen molar-refractivity contribution in [2.24, 2.45) is 0 Å². The van der Waals surface area contributed by atoms with E-state index in [-0.39, 0.29) is 12.2 Å². The fourth-order valence-electron chi connectivity index (χ4n) is 3.61. The van der Waals surface area contributed by atoms with Gasteiger partial charge in [-0.3, -0.25) is 9.59 Å². The van der Waals surface area contributed by atoms with E-state index in [1.165, 1.54) is 11.3 Å². The van der Waals surface area contributed by atoms with E-state index < -0.39 is 11.5 Å². The van der Waals surface area contributed by atoms with Gasteiger partial charge < -0.3 is 10.0 Å². The topological polar surface area (TPSA) is 57.6 Å². The molecule has 0 spiro atoms. The molecule has 1 N–H and O–H groups in total. The van der Waals surface area contributed by atoms with Crippen LogP contribution < -0.4 is 4.90 Å². The summed E-state index contributed by atoms with van der Waals surface area (Å²) in [5.41, 5.74) is 1.43.